The highest BCUT2D eigenvalue weighted by Gasteiger charge is 2.23. The Kier molecular flexibility index (Phi) is 4.88. The lowest BCUT2D eigenvalue weighted by atomic mass is 9.94. The van der Waals surface area contributed by atoms with Gasteiger partial charge in [-0.05, 0) is 59.4 Å². The van der Waals surface area contributed by atoms with Gasteiger partial charge in [-0.25, -0.2) is 13.6 Å². The topological polar surface area (TPSA) is 62.2 Å². The minimum atomic E-state index is -0.955. The van der Waals surface area contributed by atoms with Gasteiger partial charge in [0.25, 0.3) is 0 Å². The molecular weight excluding hydrogens is 362 g/mol. The highest BCUT2D eigenvalue weighted by Crippen LogP contribution is 2.33. The summed E-state index contributed by atoms with van der Waals surface area (Å²) >= 11 is 0. The van der Waals surface area contributed by atoms with Gasteiger partial charge in [-0.1, -0.05) is 12.1 Å². The molecule has 4 rings (SSSR count). The molecular formula is C22H18F2N2O2. The van der Waals surface area contributed by atoms with Crippen molar-refractivity contribution in [3.63, 3.8) is 0 Å². The van der Waals surface area contributed by atoms with Crippen molar-refractivity contribution in [3.8, 4) is 11.1 Å². The molecule has 2 aromatic carbocycles. The molecule has 28 heavy (non-hydrogen) atoms. The maximum absolute atomic E-state index is 14.1. The van der Waals surface area contributed by atoms with Crippen molar-refractivity contribution < 1.29 is 18.7 Å². The average Bonchev–Trinajstić information content (AvgIpc) is 3.08. The van der Waals surface area contributed by atoms with Gasteiger partial charge in [0.05, 0.1) is 5.56 Å². The van der Waals surface area contributed by atoms with Crippen LogP contribution in [0.25, 0.3) is 11.1 Å². The third-order valence-electron chi connectivity index (χ3n) is 5.14. The number of fused-ring (bicyclic) bond motifs is 1. The van der Waals surface area contributed by atoms with Gasteiger partial charge in [-0.15, -0.1) is 0 Å². The van der Waals surface area contributed by atoms with Crippen molar-refractivity contribution in [2.45, 2.75) is 25.4 Å². The number of rotatable bonds is 5. The first-order valence-corrected chi connectivity index (χ1v) is 9.01. The fourth-order valence-electron chi connectivity index (χ4n) is 3.73. The number of aromatic nitrogens is 1. The number of nitrogens with zero attached hydrogens (tertiary/aromatic N) is 1. The number of nitrogens with one attached hydrogen (secondary N) is 1. The number of aryl methyl sites for hydroxylation is 1. The summed E-state index contributed by atoms with van der Waals surface area (Å²) < 4.78 is 27.2. The molecule has 0 saturated carbocycles. The molecule has 0 radical (unpaired) electrons. The van der Waals surface area contributed by atoms with Gasteiger partial charge in [0.1, 0.15) is 11.6 Å². The van der Waals surface area contributed by atoms with Crippen LogP contribution in [-0.2, 0) is 13.0 Å². The van der Waals surface area contributed by atoms with Crippen LogP contribution in [0.3, 0.4) is 0 Å². The first-order chi connectivity index (χ1) is 13.5. The van der Waals surface area contributed by atoms with Crippen LogP contribution in [0.5, 0.6) is 0 Å². The van der Waals surface area contributed by atoms with E-state index in [1.165, 1.54) is 24.4 Å². The SMILES string of the molecule is O=C(O)c1ccncc1CC[C@H]1NCc2cc(-c3ccc(F)cc3F)ccc21. The lowest BCUT2D eigenvalue weighted by Crippen LogP contribution is -2.13. The largest absolute Gasteiger partial charge is 0.478 e. The van der Waals surface area contributed by atoms with Crippen LogP contribution in [0.4, 0.5) is 8.78 Å². The predicted octanol–water partition coefficient (Wildman–Crippen LogP) is 4.50. The van der Waals surface area contributed by atoms with E-state index in [9.17, 15) is 18.7 Å². The van der Waals surface area contributed by atoms with Crippen molar-refractivity contribution in [2.24, 2.45) is 0 Å². The van der Waals surface area contributed by atoms with Crippen molar-refractivity contribution in [3.05, 3.63) is 88.7 Å². The molecule has 0 aliphatic carbocycles. The lowest BCUT2D eigenvalue weighted by Gasteiger charge is -2.13. The number of hydrogen-bond acceptors (Lipinski definition) is 3. The van der Waals surface area contributed by atoms with Crippen molar-refractivity contribution in [2.75, 3.05) is 0 Å². The molecule has 6 heteroatoms. The summed E-state index contributed by atoms with van der Waals surface area (Å²) in [7, 11) is 0. The van der Waals surface area contributed by atoms with E-state index in [1.54, 1.807) is 6.20 Å². The third kappa shape index (κ3) is 3.51. The zero-order valence-electron chi connectivity index (χ0n) is 15.0. The highest BCUT2D eigenvalue weighted by molar-refractivity contribution is 5.89. The number of carboxylic acid groups (broad SMARTS) is 1. The molecule has 2 N–H and O–H groups in total. The van der Waals surface area contributed by atoms with Crippen LogP contribution in [0.2, 0.25) is 0 Å². The minimum Gasteiger partial charge on any atom is -0.478 e. The summed E-state index contributed by atoms with van der Waals surface area (Å²) in [5.41, 5.74) is 4.24. The fourth-order valence-corrected chi connectivity index (χ4v) is 3.73. The van der Waals surface area contributed by atoms with E-state index >= 15 is 0 Å². The normalized spacial score (nSPS) is 15.4. The standard InChI is InChI=1S/C22H18F2N2O2/c23-16-3-5-17(20(24)10-16)13-1-4-18-15(9-13)12-26-21(18)6-2-14-11-25-8-7-19(14)22(27)28/h1,3-5,7-11,21,26H,2,6,12H2,(H,27,28)/t21-/m1/s1. The molecule has 0 saturated heterocycles. The summed E-state index contributed by atoms with van der Waals surface area (Å²) in [5.74, 6) is -2.14. The molecule has 0 amide bonds. The van der Waals surface area contributed by atoms with Crippen LogP contribution in [-0.4, -0.2) is 16.1 Å². The van der Waals surface area contributed by atoms with Gasteiger partial charge >= 0.3 is 5.97 Å². The Labute approximate surface area is 160 Å². The quantitative estimate of drug-likeness (QED) is 0.684. The van der Waals surface area contributed by atoms with E-state index in [2.05, 4.69) is 10.3 Å². The van der Waals surface area contributed by atoms with E-state index in [-0.39, 0.29) is 11.6 Å². The van der Waals surface area contributed by atoms with Gasteiger partial charge in [-0.2, -0.15) is 0 Å². The van der Waals surface area contributed by atoms with Crippen LogP contribution < -0.4 is 5.32 Å². The monoisotopic (exact) mass is 380 g/mol. The Bertz CT molecular complexity index is 1050. The Morgan fingerprint density at radius 1 is 1.18 bits per heavy atom. The predicted molar refractivity (Wildman–Crippen MR) is 101 cm³/mol. The summed E-state index contributed by atoms with van der Waals surface area (Å²) in [6.07, 6.45) is 4.38. The number of aromatic carboxylic acids is 1. The van der Waals surface area contributed by atoms with E-state index in [0.717, 1.165) is 23.6 Å². The molecule has 0 fully saturated rings. The summed E-state index contributed by atoms with van der Waals surface area (Å²) in [6.45, 7) is 0.648. The minimum absolute atomic E-state index is 0.0870. The molecule has 1 aromatic heterocycles. The number of hydrogen-bond donors (Lipinski definition) is 2. The van der Waals surface area contributed by atoms with E-state index in [0.29, 0.717) is 29.7 Å². The Hall–Kier alpha value is -3.12. The molecule has 1 aliphatic heterocycles. The summed E-state index contributed by atoms with van der Waals surface area (Å²) in [5, 5.41) is 12.7. The second-order valence-corrected chi connectivity index (χ2v) is 6.85. The van der Waals surface area contributed by atoms with Crippen LogP contribution in [0.1, 0.15) is 39.5 Å². The summed E-state index contributed by atoms with van der Waals surface area (Å²) in [6, 6.07) is 10.9. The first kappa shape index (κ1) is 18.3. The van der Waals surface area contributed by atoms with Crippen molar-refractivity contribution in [1.29, 1.82) is 0 Å². The van der Waals surface area contributed by atoms with Gasteiger partial charge in [-0.3, -0.25) is 4.98 Å². The third-order valence-corrected chi connectivity index (χ3v) is 5.14. The highest BCUT2D eigenvalue weighted by atomic mass is 19.1. The molecule has 4 nitrogen and oxygen atoms in total. The van der Waals surface area contributed by atoms with Gasteiger partial charge < -0.3 is 10.4 Å². The van der Waals surface area contributed by atoms with E-state index in [4.69, 9.17) is 0 Å². The Balaban J connectivity index is 1.53. The van der Waals surface area contributed by atoms with Crippen molar-refractivity contribution >= 4 is 5.97 Å². The Morgan fingerprint density at radius 3 is 2.82 bits per heavy atom. The molecule has 1 aliphatic rings. The van der Waals surface area contributed by atoms with Crippen LogP contribution in [0.15, 0.2) is 54.9 Å². The van der Waals surface area contributed by atoms with Crippen molar-refractivity contribution in [1.82, 2.24) is 10.3 Å². The molecule has 1 atom stereocenters. The lowest BCUT2D eigenvalue weighted by molar-refractivity contribution is 0.0695. The zero-order chi connectivity index (χ0) is 19.7. The molecule has 142 valence electrons. The first-order valence-electron chi connectivity index (χ1n) is 9.01. The smallest absolute Gasteiger partial charge is 0.336 e. The Morgan fingerprint density at radius 2 is 2.04 bits per heavy atom. The molecule has 0 spiro atoms. The molecule has 2 heterocycles. The van der Waals surface area contributed by atoms with Gasteiger partial charge in [0, 0.05) is 36.6 Å². The fraction of sp³-hybridized carbons (Fsp3) is 0.182. The average molecular weight is 380 g/mol. The van der Waals surface area contributed by atoms with E-state index < -0.39 is 17.6 Å². The number of benzene rings is 2. The maximum Gasteiger partial charge on any atom is 0.336 e. The number of halogens is 2. The zero-order valence-corrected chi connectivity index (χ0v) is 15.0. The molecule has 3 aromatic rings. The van der Waals surface area contributed by atoms with Crippen LogP contribution in [0, 0.1) is 11.6 Å². The second kappa shape index (κ2) is 7.48. The van der Waals surface area contributed by atoms with Gasteiger partial charge in [0.15, 0.2) is 0 Å². The second-order valence-electron chi connectivity index (χ2n) is 6.85. The van der Waals surface area contributed by atoms with Gasteiger partial charge in [0.2, 0.25) is 0 Å². The van der Waals surface area contributed by atoms with E-state index in [1.807, 2.05) is 18.2 Å². The number of carbonyl (C=O) groups is 1. The molecule has 0 bridgehead atoms. The summed E-state index contributed by atoms with van der Waals surface area (Å²) in [4.78, 5) is 15.4. The van der Waals surface area contributed by atoms with Crippen LogP contribution >= 0.6 is 0 Å². The number of pyridine rings is 1. The number of carboxylic acids is 1. The maximum atomic E-state index is 14.1. The molecule has 0 unspecified atom stereocenters.